The summed E-state index contributed by atoms with van der Waals surface area (Å²) in [5.74, 6) is -0.251. The number of nitrogens with two attached hydrogens (primary N) is 1. The van der Waals surface area contributed by atoms with E-state index in [2.05, 4.69) is 15.6 Å². The van der Waals surface area contributed by atoms with Crippen LogP contribution in [0.15, 0.2) is 29.3 Å². The van der Waals surface area contributed by atoms with Crippen LogP contribution in [0, 0.1) is 5.82 Å². The first-order valence-electron chi connectivity index (χ1n) is 6.63. The van der Waals surface area contributed by atoms with Crippen LogP contribution in [0.25, 0.3) is 0 Å². The molecular formula is C14H21FN4O. The van der Waals surface area contributed by atoms with Gasteiger partial charge in [-0.1, -0.05) is 6.92 Å². The van der Waals surface area contributed by atoms with Crippen molar-refractivity contribution in [3.8, 4) is 0 Å². The molecule has 1 rings (SSSR count). The van der Waals surface area contributed by atoms with Crippen LogP contribution >= 0.6 is 0 Å². The standard InChI is InChI=1S/C14H21FN4O/c1-3-10(2)19-14(16)18-9-8-17-13(20)11-4-6-12(15)7-5-11/h4-7,10H,3,8-9H2,1-2H3,(H,17,20)(H3,16,18,19). The Morgan fingerprint density at radius 1 is 1.40 bits per heavy atom. The van der Waals surface area contributed by atoms with E-state index in [-0.39, 0.29) is 17.8 Å². The van der Waals surface area contributed by atoms with Crippen molar-refractivity contribution in [2.75, 3.05) is 13.1 Å². The molecule has 1 atom stereocenters. The molecule has 1 amide bonds. The van der Waals surface area contributed by atoms with Gasteiger partial charge in [-0.05, 0) is 37.6 Å². The second kappa shape index (κ2) is 8.14. The van der Waals surface area contributed by atoms with Gasteiger partial charge in [0.05, 0.1) is 6.54 Å². The van der Waals surface area contributed by atoms with Gasteiger partial charge in [-0.2, -0.15) is 0 Å². The number of benzene rings is 1. The van der Waals surface area contributed by atoms with Crippen LogP contribution in [0.2, 0.25) is 0 Å². The number of rotatable bonds is 6. The minimum Gasteiger partial charge on any atom is -0.370 e. The van der Waals surface area contributed by atoms with E-state index in [1.165, 1.54) is 24.3 Å². The van der Waals surface area contributed by atoms with E-state index in [0.717, 1.165) is 6.42 Å². The number of hydrogen-bond donors (Lipinski definition) is 3. The van der Waals surface area contributed by atoms with Gasteiger partial charge in [-0.25, -0.2) is 4.39 Å². The molecule has 0 radical (unpaired) electrons. The maximum atomic E-state index is 12.7. The highest BCUT2D eigenvalue weighted by atomic mass is 19.1. The lowest BCUT2D eigenvalue weighted by Gasteiger charge is -2.11. The molecular weight excluding hydrogens is 259 g/mol. The van der Waals surface area contributed by atoms with E-state index < -0.39 is 0 Å². The molecule has 4 N–H and O–H groups in total. The van der Waals surface area contributed by atoms with E-state index in [9.17, 15) is 9.18 Å². The molecule has 0 aliphatic carbocycles. The number of nitrogens with zero attached hydrogens (tertiary/aromatic N) is 1. The van der Waals surface area contributed by atoms with Gasteiger partial charge in [-0.3, -0.25) is 9.79 Å². The average molecular weight is 280 g/mol. The van der Waals surface area contributed by atoms with Gasteiger partial charge in [0.15, 0.2) is 5.96 Å². The summed E-state index contributed by atoms with van der Waals surface area (Å²) in [4.78, 5) is 15.8. The maximum absolute atomic E-state index is 12.7. The molecule has 0 bridgehead atoms. The minimum absolute atomic E-state index is 0.256. The molecule has 0 aliphatic heterocycles. The molecule has 6 heteroatoms. The number of carbonyl (C=O) groups is 1. The highest BCUT2D eigenvalue weighted by Gasteiger charge is 2.04. The topological polar surface area (TPSA) is 79.5 Å². The molecule has 1 aromatic carbocycles. The Labute approximate surface area is 118 Å². The second-order valence-corrected chi connectivity index (χ2v) is 4.48. The van der Waals surface area contributed by atoms with Crippen molar-refractivity contribution in [2.45, 2.75) is 26.3 Å². The quantitative estimate of drug-likeness (QED) is 0.417. The van der Waals surface area contributed by atoms with Crippen LogP contribution in [-0.2, 0) is 0 Å². The van der Waals surface area contributed by atoms with Crippen molar-refractivity contribution >= 4 is 11.9 Å². The third-order valence-electron chi connectivity index (χ3n) is 2.79. The molecule has 1 aromatic rings. The van der Waals surface area contributed by atoms with Crippen molar-refractivity contribution in [3.63, 3.8) is 0 Å². The number of hydrogen-bond acceptors (Lipinski definition) is 2. The highest BCUT2D eigenvalue weighted by molar-refractivity contribution is 5.94. The SMILES string of the molecule is CCC(C)NC(N)=NCCNC(=O)c1ccc(F)cc1. The molecule has 0 saturated heterocycles. The summed E-state index contributed by atoms with van der Waals surface area (Å²) in [5, 5.41) is 5.72. The molecule has 0 fully saturated rings. The van der Waals surface area contributed by atoms with Crippen molar-refractivity contribution in [3.05, 3.63) is 35.6 Å². The zero-order valence-corrected chi connectivity index (χ0v) is 11.8. The molecule has 5 nitrogen and oxygen atoms in total. The predicted octanol–water partition coefficient (Wildman–Crippen LogP) is 1.26. The number of aliphatic imine (C=N–C) groups is 1. The molecule has 0 aliphatic rings. The van der Waals surface area contributed by atoms with Crippen molar-refractivity contribution in [1.29, 1.82) is 0 Å². The first-order chi connectivity index (χ1) is 9.52. The van der Waals surface area contributed by atoms with Crippen LogP contribution in [0.1, 0.15) is 30.6 Å². The largest absolute Gasteiger partial charge is 0.370 e. The van der Waals surface area contributed by atoms with Crippen molar-refractivity contribution in [2.24, 2.45) is 10.7 Å². The van der Waals surface area contributed by atoms with Gasteiger partial charge in [-0.15, -0.1) is 0 Å². The fourth-order valence-corrected chi connectivity index (χ4v) is 1.45. The number of carbonyl (C=O) groups excluding carboxylic acids is 1. The fourth-order valence-electron chi connectivity index (χ4n) is 1.45. The Balaban J connectivity index is 2.32. The van der Waals surface area contributed by atoms with Gasteiger partial charge in [0, 0.05) is 18.2 Å². The summed E-state index contributed by atoms with van der Waals surface area (Å²) in [7, 11) is 0. The van der Waals surface area contributed by atoms with Crippen LogP contribution < -0.4 is 16.4 Å². The molecule has 0 heterocycles. The number of halogens is 1. The Kier molecular flexibility index (Phi) is 6.49. The fraction of sp³-hybridized carbons (Fsp3) is 0.429. The normalized spacial score (nSPS) is 12.8. The maximum Gasteiger partial charge on any atom is 0.251 e. The Hall–Kier alpha value is -2.11. The first kappa shape index (κ1) is 15.9. The lowest BCUT2D eigenvalue weighted by Crippen LogP contribution is -2.38. The second-order valence-electron chi connectivity index (χ2n) is 4.48. The van der Waals surface area contributed by atoms with Gasteiger partial charge in [0.1, 0.15) is 5.82 Å². The van der Waals surface area contributed by atoms with Gasteiger partial charge in [0.2, 0.25) is 0 Å². The van der Waals surface area contributed by atoms with E-state index in [1.807, 2.05) is 13.8 Å². The summed E-state index contributed by atoms with van der Waals surface area (Å²) in [6.45, 7) is 4.83. The summed E-state index contributed by atoms with van der Waals surface area (Å²) in [5.41, 5.74) is 6.10. The summed E-state index contributed by atoms with van der Waals surface area (Å²) < 4.78 is 12.7. The summed E-state index contributed by atoms with van der Waals surface area (Å²) in [6, 6.07) is 5.65. The van der Waals surface area contributed by atoms with Gasteiger partial charge >= 0.3 is 0 Å². The predicted molar refractivity (Wildman–Crippen MR) is 78.1 cm³/mol. The highest BCUT2D eigenvalue weighted by Crippen LogP contribution is 2.01. The monoisotopic (exact) mass is 280 g/mol. The third kappa shape index (κ3) is 5.69. The van der Waals surface area contributed by atoms with Crippen LogP contribution in [0.3, 0.4) is 0 Å². The summed E-state index contributed by atoms with van der Waals surface area (Å²) in [6.07, 6.45) is 0.956. The van der Waals surface area contributed by atoms with Crippen LogP contribution in [-0.4, -0.2) is 31.0 Å². The Morgan fingerprint density at radius 2 is 2.05 bits per heavy atom. The smallest absolute Gasteiger partial charge is 0.251 e. The van der Waals surface area contributed by atoms with Crippen LogP contribution in [0.4, 0.5) is 4.39 Å². The molecule has 0 saturated carbocycles. The lowest BCUT2D eigenvalue weighted by molar-refractivity contribution is 0.0955. The van der Waals surface area contributed by atoms with E-state index >= 15 is 0 Å². The Bertz CT molecular complexity index is 459. The molecule has 110 valence electrons. The first-order valence-corrected chi connectivity index (χ1v) is 6.63. The Morgan fingerprint density at radius 3 is 2.65 bits per heavy atom. The molecule has 1 unspecified atom stereocenters. The number of guanidine groups is 1. The zero-order chi connectivity index (χ0) is 15.0. The van der Waals surface area contributed by atoms with Gasteiger partial charge < -0.3 is 16.4 Å². The number of nitrogens with one attached hydrogen (secondary N) is 2. The lowest BCUT2D eigenvalue weighted by atomic mass is 10.2. The van der Waals surface area contributed by atoms with E-state index in [1.54, 1.807) is 0 Å². The molecule has 0 spiro atoms. The van der Waals surface area contributed by atoms with Crippen molar-refractivity contribution in [1.82, 2.24) is 10.6 Å². The molecule has 0 aromatic heterocycles. The van der Waals surface area contributed by atoms with Crippen LogP contribution in [0.5, 0.6) is 0 Å². The van der Waals surface area contributed by atoms with E-state index in [4.69, 9.17) is 5.73 Å². The zero-order valence-electron chi connectivity index (χ0n) is 11.8. The third-order valence-corrected chi connectivity index (χ3v) is 2.79. The summed E-state index contributed by atoms with van der Waals surface area (Å²) >= 11 is 0. The minimum atomic E-state index is -0.366. The van der Waals surface area contributed by atoms with Gasteiger partial charge in [0.25, 0.3) is 5.91 Å². The molecule has 20 heavy (non-hydrogen) atoms. The average Bonchev–Trinajstić information content (AvgIpc) is 2.44. The van der Waals surface area contributed by atoms with Crippen molar-refractivity contribution < 1.29 is 9.18 Å². The number of amides is 1. The van der Waals surface area contributed by atoms with E-state index in [0.29, 0.717) is 24.6 Å².